The lowest BCUT2D eigenvalue weighted by molar-refractivity contribution is -0.0589. The maximum Gasteiger partial charge on any atom is 0.337 e. The highest BCUT2D eigenvalue weighted by Gasteiger charge is 2.24. The summed E-state index contributed by atoms with van der Waals surface area (Å²) in [5.41, 5.74) is 2.06. The number of carbonyl (C=O) groups is 1. The topological polar surface area (TPSA) is 88.4 Å². The van der Waals surface area contributed by atoms with Crippen LogP contribution in [-0.4, -0.2) is 45.3 Å². The Bertz CT molecular complexity index is 1840. The maximum atomic E-state index is 15.5. The molecule has 0 unspecified atom stereocenters. The number of rotatable bonds is 9. The summed E-state index contributed by atoms with van der Waals surface area (Å²) in [7, 11) is 1.31. The number of hydrogen-bond donors (Lipinski definition) is 0. The summed E-state index contributed by atoms with van der Waals surface area (Å²) in [5.74, 6) is -1.88. The first-order valence-corrected chi connectivity index (χ1v) is 14.2. The molecule has 1 aliphatic heterocycles. The van der Waals surface area contributed by atoms with Gasteiger partial charge in [0.1, 0.15) is 28.7 Å². The lowest BCUT2D eigenvalue weighted by Gasteiger charge is -2.27. The van der Waals surface area contributed by atoms with Gasteiger partial charge in [-0.1, -0.05) is 6.07 Å². The molecule has 8 nitrogen and oxygen atoms in total. The van der Waals surface area contributed by atoms with Crippen LogP contribution < -0.4 is 4.74 Å². The van der Waals surface area contributed by atoms with Crippen molar-refractivity contribution in [2.45, 2.75) is 32.1 Å². The second-order valence-corrected chi connectivity index (χ2v) is 10.8. The summed E-state index contributed by atoms with van der Waals surface area (Å²) >= 11 is 3.10. The van der Waals surface area contributed by atoms with Crippen LogP contribution in [0.2, 0.25) is 0 Å². The lowest BCUT2D eigenvalue weighted by Crippen LogP contribution is -2.31. The Balaban J connectivity index is 1.27. The number of esters is 1. The van der Waals surface area contributed by atoms with Crippen LogP contribution in [0.5, 0.6) is 5.88 Å². The van der Waals surface area contributed by atoms with Crippen LogP contribution in [-0.2, 0) is 29.0 Å². The van der Waals surface area contributed by atoms with Crippen molar-refractivity contribution in [1.29, 1.82) is 0 Å². The molecule has 4 heterocycles. The molecule has 1 atom stereocenters. The number of ether oxygens (including phenoxy) is 3. The highest BCUT2D eigenvalue weighted by Crippen LogP contribution is 2.29. The van der Waals surface area contributed by atoms with Crippen molar-refractivity contribution in [3.05, 3.63) is 105 Å². The van der Waals surface area contributed by atoms with Gasteiger partial charge < -0.3 is 18.8 Å². The third kappa shape index (κ3) is 6.11. The second-order valence-electron chi connectivity index (χ2n) is 9.95. The highest BCUT2D eigenvalue weighted by molar-refractivity contribution is 9.10. The number of imidazole rings is 1. The molecule has 3 aromatic heterocycles. The molecule has 0 spiro atoms. The standard InChI is InChI=1S/C31H24BrF3N4O4/c1-41-31(40)17-5-7-25-26(12-17)39(15-20-9-10-42-20)28(36-25)13-19-11-23(34)21(14-22(19)33)24-3-2-4-29(37-24)43-16-18-6-8-27(32)38-30(18)35/h2-8,11-12,14,20H,9-10,13,15-16H2,1H3/t20-/m0/s1. The van der Waals surface area contributed by atoms with Crippen LogP contribution in [0.4, 0.5) is 13.2 Å². The van der Waals surface area contributed by atoms with Crippen molar-refractivity contribution in [2.24, 2.45) is 0 Å². The summed E-state index contributed by atoms with van der Waals surface area (Å²) in [6.07, 6.45) is 0.818. The zero-order valence-corrected chi connectivity index (χ0v) is 24.4. The Morgan fingerprint density at radius 2 is 1.86 bits per heavy atom. The molecule has 5 aromatic rings. The first kappa shape index (κ1) is 28.8. The second kappa shape index (κ2) is 12.1. The van der Waals surface area contributed by atoms with Gasteiger partial charge in [-0.3, -0.25) is 0 Å². The quantitative estimate of drug-likeness (QED) is 0.134. The van der Waals surface area contributed by atoms with Crippen LogP contribution in [0.3, 0.4) is 0 Å². The number of aromatic nitrogens is 4. The van der Waals surface area contributed by atoms with E-state index in [0.717, 1.165) is 18.6 Å². The van der Waals surface area contributed by atoms with E-state index in [0.29, 0.717) is 40.2 Å². The Morgan fingerprint density at radius 1 is 1.02 bits per heavy atom. The predicted octanol–water partition coefficient (Wildman–Crippen LogP) is 6.42. The Hall–Kier alpha value is -4.29. The fraction of sp³-hybridized carbons (Fsp3) is 0.226. The lowest BCUT2D eigenvalue weighted by atomic mass is 10.0. The molecule has 0 bridgehead atoms. The Kier molecular flexibility index (Phi) is 8.13. The van der Waals surface area contributed by atoms with Gasteiger partial charge in [-0.15, -0.1) is 0 Å². The van der Waals surface area contributed by atoms with Gasteiger partial charge >= 0.3 is 5.97 Å². The third-order valence-electron chi connectivity index (χ3n) is 7.18. The fourth-order valence-electron chi connectivity index (χ4n) is 4.82. The summed E-state index contributed by atoms with van der Waals surface area (Å²) in [4.78, 5) is 24.8. The summed E-state index contributed by atoms with van der Waals surface area (Å²) in [6, 6.07) is 15.0. The molecule has 12 heteroatoms. The molecule has 220 valence electrons. The number of methoxy groups -OCH3 is 1. The Labute approximate surface area is 252 Å². The van der Waals surface area contributed by atoms with Gasteiger partial charge in [0.05, 0.1) is 42.0 Å². The van der Waals surface area contributed by atoms with Crippen molar-refractivity contribution in [2.75, 3.05) is 13.7 Å². The molecule has 43 heavy (non-hydrogen) atoms. The van der Waals surface area contributed by atoms with Gasteiger partial charge in [0.2, 0.25) is 11.8 Å². The SMILES string of the molecule is COC(=O)c1ccc2nc(Cc3cc(F)c(-c4cccc(OCc5ccc(Br)nc5F)n4)cc3F)n(C[C@@H]3CCO3)c2c1. The monoisotopic (exact) mass is 652 g/mol. The number of fused-ring (bicyclic) bond motifs is 1. The zero-order valence-electron chi connectivity index (χ0n) is 22.8. The van der Waals surface area contributed by atoms with E-state index in [-0.39, 0.29) is 47.4 Å². The zero-order chi connectivity index (χ0) is 30.1. The van der Waals surface area contributed by atoms with Gasteiger partial charge in [0.25, 0.3) is 0 Å². The molecule has 0 aliphatic carbocycles. The smallest absolute Gasteiger partial charge is 0.337 e. The minimum absolute atomic E-state index is 0.00135. The number of pyridine rings is 2. The third-order valence-corrected chi connectivity index (χ3v) is 7.62. The molecule has 0 radical (unpaired) electrons. The number of carbonyl (C=O) groups excluding carboxylic acids is 1. The first-order valence-electron chi connectivity index (χ1n) is 13.4. The van der Waals surface area contributed by atoms with Crippen LogP contribution >= 0.6 is 15.9 Å². The molecular formula is C31H24BrF3N4O4. The average Bonchev–Trinajstić information content (AvgIpc) is 3.31. The van der Waals surface area contributed by atoms with Gasteiger partial charge in [-0.2, -0.15) is 4.39 Å². The molecular weight excluding hydrogens is 629 g/mol. The predicted molar refractivity (Wildman–Crippen MR) is 154 cm³/mol. The number of halogens is 4. The highest BCUT2D eigenvalue weighted by atomic mass is 79.9. The molecule has 1 saturated heterocycles. The molecule has 0 saturated carbocycles. The van der Waals surface area contributed by atoms with E-state index >= 15 is 8.78 Å². The van der Waals surface area contributed by atoms with E-state index < -0.39 is 23.6 Å². The fourth-order valence-corrected chi connectivity index (χ4v) is 5.11. The van der Waals surface area contributed by atoms with E-state index in [2.05, 4.69) is 30.9 Å². The summed E-state index contributed by atoms with van der Waals surface area (Å²) in [5, 5.41) is 0. The number of nitrogens with zero attached hydrogens (tertiary/aromatic N) is 4. The summed E-state index contributed by atoms with van der Waals surface area (Å²) < 4.78 is 63.3. The number of benzene rings is 2. The van der Waals surface area contributed by atoms with Crippen LogP contribution in [0.1, 0.15) is 33.7 Å². The van der Waals surface area contributed by atoms with Gasteiger partial charge in [0.15, 0.2) is 0 Å². The van der Waals surface area contributed by atoms with Crippen molar-refractivity contribution in [3.63, 3.8) is 0 Å². The normalized spacial score (nSPS) is 14.5. The van der Waals surface area contributed by atoms with Crippen LogP contribution in [0.15, 0.2) is 65.3 Å². The van der Waals surface area contributed by atoms with E-state index in [1.54, 1.807) is 30.3 Å². The van der Waals surface area contributed by atoms with E-state index in [1.165, 1.54) is 25.3 Å². The maximum absolute atomic E-state index is 15.5. The molecule has 2 aromatic carbocycles. The average molecular weight is 653 g/mol. The van der Waals surface area contributed by atoms with E-state index in [9.17, 15) is 9.18 Å². The van der Waals surface area contributed by atoms with Crippen LogP contribution in [0, 0.1) is 17.6 Å². The molecule has 6 rings (SSSR count). The van der Waals surface area contributed by atoms with Gasteiger partial charge in [-0.05, 0) is 76.4 Å². The van der Waals surface area contributed by atoms with Crippen molar-refractivity contribution in [1.82, 2.24) is 19.5 Å². The minimum atomic E-state index is -0.688. The van der Waals surface area contributed by atoms with Crippen LogP contribution in [0.25, 0.3) is 22.3 Å². The van der Waals surface area contributed by atoms with Crippen molar-refractivity contribution < 1.29 is 32.2 Å². The Morgan fingerprint density at radius 3 is 2.60 bits per heavy atom. The van der Waals surface area contributed by atoms with Crippen molar-refractivity contribution in [3.8, 4) is 17.1 Å². The first-order chi connectivity index (χ1) is 20.8. The van der Waals surface area contributed by atoms with Gasteiger partial charge in [-0.25, -0.2) is 28.5 Å². The number of hydrogen-bond acceptors (Lipinski definition) is 7. The van der Waals surface area contributed by atoms with Crippen molar-refractivity contribution >= 4 is 32.9 Å². The van der Waals surface area contributed by atoms with E-state index in [4.69, 9.17) is 14.2 Å². The molecule has 0 amide bonds. The largest absolute Gasteiger partial charge is 0.473 e. The summed E-state index contributed by atoms with van der Waals surface area (Å²) in [6.45, 7) is 0.960. The minimum Gasteiger partial charge on any atom is -0.473 e. The molecule has 1 aliphatic rings. The van der Waals surface area contributed by atoms with E-state index in [1.807, 2.05) is 4.57 Å². The van der Waals surface area contributed by atoms with Gasteiger partial charge in [0, 0.05) is 30.2 Å². The molecule has 1 fully saturated rings. The molecule has 0 N–H and O–H groups in total.